The second-order valence-corrected chi connectivity index (χ2v) is 6.15. The van der Waals surface area contributed by atoms with E-state index in [-0.39, 0.29) is 16.8 Å². The smallest absolute Gasteiger partial charge is 0.291 e. The first-order valence-electron chi connectivity index (χ1n) is 7.99. The third kappa shape index (κ3) is 3.02. The Kier molecular flexibility index (Phi) is 4.10. The molecule has 0 aliphatic heterocycles. The number of imidazole rings is 1. The minimum atomic E-state index is -0.359. The van der Waals surface area contributed by atoms with Crippen LogP contribution < -0.4 is 9.72 Å². The quantitative estimate of drug-likeness (QED) is 0.448. The molecule has 1 amide bonds. The summed E-state index contributed by atoms with van der Waals surface area (Å²) in [6.45, 7) is 0. The first-order chi connectivity index (χ1) is 12.6. The summed E-state index contributed by atoms with van der Waals surface area (Å²) in [7, 11) is 1.94. The van der Waals surface area contributed by atoms with Crippen molar-refractivity contribution in [3.63, 3.8) is 0 Å². The summed E-state index contributed by atoms with van der Waals surface area (Å²) in [5, 5.41) is 3.03. The number of aryl methyl sites for hydroxylation is 1. The van der Waals surface area contributed by atoms with Gasteiger partial charge in [-0.3, -0.25) is 10.1 Å². The normalized spacial score (nSPS) is 10.8. The third-order valence-corrected chi connectivity index (χ3v) is 4.24. The van der Waals surface area contributed by atoms with Gasteiger partial charge in [0.2, 0.25) is 5.82 Å². The van der Waals surface area contributed by atoms with Crippen molar-refractivity contribution in [1.29, 1.82) is 0 Å². The topological polar surface area (TPSA) is 63.9 Å². The van der Waals surface area contributed by atoms with E-state index >= 15 is 0 Å². The van der Waals surface area contributed by atoms with E-state index in [0.717, 1.165) is 11.3 Å². The van der Waals surface area contributed by atoms with Crippen molar-refractivity contribution < 1.29 is 9.20 Å². The maximum absolute atomic E-state index is 12.3. The summed E-state index contributed by atoms with van der Waals surface area (Å²) in [6, 6.07) is 16.7. The van der Waals surface area contributed by atoms with E-state index in [0.29, 0.717) is 11.6 Å². The van der Waals surface area contributed by atoms with Gasteiger partial charge in [-0.05, 0) is 12.1 Å². The van der Waals surface area contributed by atoms with Crippen LogP contribution in [-0.4, -0.2) is 20.4 Å². The minimum absolute atomic E-state index is 0.240. The zero-order chi connectivity index (χ0) is 18.1. The van der Waals surface area contributed by atoms with Crippen LogP contribution in [0.15, 0.2) is 67.0 Å². The molecule has 0 aliphatic rings. The van der Waals surface area contributed by atoms with Crippen molar-refractivity contribution >= 4 is 29.1 Å². The van der Waals surface area contributed by atoms with Gasteiger partial charge in [0.15, 0.2) is 0 Å². The number of hydrogen-bond donors (Lipinski definition) is 1. The number of hydrogen-bond acceptors (Lipinski definition) is 3. The molecule has 0 fully saturated rings. The first kappa shape index (κ1) is 16.2. The second-order valence-electron chi connectivity index (χ2n) is 5.76. The molecule has 4 aromatic rings. The number of benzene rings is 1. The number of anilines is 1. The molecule has 0 saturated heterocycles. The molecule has 3 heterocycles. The van der Waals surface area contributed by atoms with Gasteiger partial charge in [0, 0.05) is 11.6 Å². The molecule has 3 aromatic heterocycles. The number of aromatic nitrogens is 4. The van der Waals surface area contributed by atoms with E-state index in [1.807, 2.05) is 58.7 Å². The summed E-state index contributed by atoms with van der Waals surface area (Å²) in [6.07, 6.45) is 3.86. The van der Waals surface area contributed by atoms with Crippen molar-refractivity contribution in [2.45, 2.75) is 0 Å². The number of carbonyl (C=O) groups excluding carboxylic acids is 1. The Morgan fingerprint density at radius 2 is 1.88 bits per heavy atom. The SMILES string of the molecule is Cn1c(-c2ccccc2)c[n+]2ccc(NC(=O)c3cccc(Cl)n3)nc12. The molecule has 1 aromatic carbocycles. The van der Waals surface area contributed by atoms with Crippen LogP contribution in [0.25, 0.3) is 17.0 Å². The number of amides is 1. The summed E-state index contributed by atoms with van der Waals surface area (Å²) in [5.41, 5.74) is 2.36. The maximum atomic E-state index is 12.3. The van der Waals surface area contributed by atoms with Crippen molar-refractivity contribution in [2.75, 3.05) is 5.32 Å². The van der Waals surface area contributed by atoms with Crippen LogP contribution in [0, 0.1) is 0 Å². The van der Waals surface area contributed by atoms with Crippen LogP contribution in [0.4, 0.5) is 5.82 Å². The fourth-order valence-electron chi connectivity index (χ4n) is 2.76. The van der Waals surface area contributed by atoms with Gasteiger partial charge >= 0.3 is 5.78 Å². The Bertz CT molecular complexity index is 1110. The van der Waals surface area contributed by atoms with Gasteiger partial charge in [0.1, 0.15) is 22.7 Å². The van der Waals surface area contributed by atoms with Gasteiger partial charge in [0.05, 0.1) is 13.2 Å². The lowest BCUT2D eigenvalue weighted by Gasteiger charge is -2.01. The Hall–Kier alpha value is -3.25. The maximum Gasteiger partial charge on any atom is 0.405 e. The molecule has 0 atom stereocenters. The van der Waals surface area contributed by atoms with Gasteiger partial charge in [-0.1, -0.05) is 53.0 Å². The predicted molar refractivity (Wildman–Crippen MR) is 99.0 cm³/mol. The van der Waals surface area contributed by atoms with E-state index in [4.69, 9.17) is 11.6 Å². The van der Waals surface area contributed by atoms with E-state index < -0.39 is 0 Å². The van der Waals surface area contributed by atoms with E-state index in [1.54, 1.807) is 24.3 Å². The molecule has 6 nitrogen and oxygen atoms in total. The highest BCUT2D eigenvalue weighted by Crippen LogP contribution is 2.19. The van der Waals surface area contributed by atoms with Gasteiger partial charge in [-0.15, -0.1) is 0 Å². The van der Waals surface area contributed by atoms with Crippen LogP contribution in [0.5, 0.6) is 0 Å². The van der Waals surface area contributed by atoms with Gasteiger partial charge in [-0.2, -0.15) is 0 Å². The highest BCUT2D eigenvalue weighted by atomic mass is 35.5. The lowest BCUT2D eigenvalue weighted by Crippen LogP contribution is -2.22. The van der Waals surface area contributed by atoms with E-state index in [9.17, 15) is 4.79 Å². The molecule has 0 saturated carbocycles. The average molecular weight is 365 g/mol. The number of nitrogens with zero attached hydrogens (tertiary/aromatic N) is 4. The number of carbonyl (C=O) groups is 1. The Morgan fingerprint density at radius 3 is 2.65 bits per heavy atom. The zero-order valence-corrected chi connectivity index (χ0v) is 14.7. The third-order valence-electron chi connectivity index (χ3n) is 4.03. The Morgan fingerprint density at radius 1 is 1.08 bits per heavy atom. The van der Waals surface area contributed by atoms with Gasteiger partial charge in [-0.25, -0.2) is 14.0 Å². The van der Waals surface area contributed by atoms with Crippen molar-refractivity contribution in [3.8, 4) is 11.3 Å². The van der Waals surface area contributed by atoms with Crippen molar-refractivity contribution in [1.82, 2.24) is 14.5 Å². The van der Waals surface area contributed by atoms with E-state index in [1.165, 1.54) is 0 Å². The molecule has 1 N–H and O–H groups in total. The molecular weight excluding hydrogens is 350 g/mol. The summed E-state index contributed by atoms with van der Waals surface area (Å²) in [4.78, 5) is 20.9. The Balaban J connectivity index is 1.67. The fraction of sp³-hybridized carbons (Fsp3) is 0.0526. The van der Waals surface area contributed by atoms with Crippen LogP contribution in [0.3, 0.4) is 0 Å². The van der Waals surface area contributed by atoms with Crippen LogP contribution in [0.2, 0.25) is 5.15 Å². The molecule has 0 radical (unpaired) electrons. The van der Waals surface area contributed by atoms with Crippen LogP contribution in [0.1, 0.15) is 10.5 Å². The minimum Gasteiger partial charge on any atom is -0.291 e. The molecule has 0 bridgehead atoms. The monoisotopic (exact) mass is 364 g/mol. The molecule has 26 heavy (non-hydrogen) atoms. The summed E-state index contributed by atoms with van der Waals surface area (Å²) < 4.78 is 3.89. The number of nitrogens with one attached hydrogen (secondary N) is 1. The van der Waals surface area contributed by atoms with Gasteiger partial charge in [0.25, 0.3) is 5.91 Å². The summed E-state index contributed by atoms with van der Waals surface area (Å²) in [5.74, 6) is 0.792. The Labute approximate surface area is 154 Å². The standard InChI is InChI=1S/C19H14ClN5O/c1-24-15(13-6-3-2-4-7-13)12-25-11-10-17(23-19(24)25)22-18(26)14-8-5-9-16(20)21-14/h2-12H,1H3/p+1. The van der Waals surface area contributed by atoms with Crippen LogP contribution >= 0.6 is 11.6 Å². The molecule has 128 valence electrons. The predicted octanol–water partition coefficient (Wildman–Crippen LogP) is 3.13. The molecular formula is C19H15ClN5O+. The highest BCUT2D eigenvalue weighted by molar-refractivity contribution is 6.29. The van der Waals surface area contributed by atoms with E-state index in [2.05, 4.69) is 15.3 Å². The average Bonchev–Trinajstić information content (AvgIpc) is 2.99. The van der Waals surface area contributed by atoms with Crippen LogP contribution in [-0.2, 0) is 7.05 Å². The molecule has 0 spiro atoms. The van der Waals surface area contributed by atoms with Gasteiger partial charge < -0.3 is 0 Å². The summed E-state index contributed by atoms with van der Waals surface area (Å²) >= 11 is 5.84. The lowest BCUT2D eigenvalue weighted by atomic mass is 10.2. The molecule has 0 unspecified atom stereocenters. The molecule has 0 aliphatic carbocycles. The highest BCUT2D eigenvalue weighted by Gasteiger charge is 2.18. The van der Waals surface area contributed by atoms with Crippen molar-refractivity contribution in [2.24, 2.45) is 7.05 Å². The number of rotatable bonds is 3. The number of halogens is 1. The fourth-order valence-corrected chi connectivity index (χ4v) is 2.92. The zero-order valence-electron chi connectivity index (χ0n) is 13.9. The van der Waals surface area contributed by atoms with Crippen molar-refractivity contribution in [3.05, 3.63) is 77.8 Å². The number of pyridine rings is 1. The lowest BCUT2D eigenvalue weighted by molar-refractivity contribution is -0.512. The second kappa shape index (κ2) is 6.57. The molecule has 7 heteroatoms. The largest absolute Gasteiger partial charge is 0.405 e. The molecule has 4 rings (SSSR count). The first-order valence-corrected chi connectivity index (χ1v) is 8.37. The number of fused-ring (bicyclic) bond motifs is 1.